The molecule has 0 atom stereocenters. The molecule has 3 nitrogen and oxygen atoms in total. The van der Waals surface area contributed by atoms with E-state index in [1.165, 1.54) is 4.90 Å². The Morgan fingerprint density at radius 1 is 1.10 bits per heavy atom. The van der Waals surface area contributed by atoms with E-state index in [0.717, 1.165) is 29.4 Å². The van der Waals surface area contributed by atoms with Gasteiger partial charge in [0.25, 0.3) is 0 Å². The quantitative estimate of drug-likeness (QED) is 0.842. The highest BCUT2D eigenvalue weighted by Crippen LogP contribution is 2.22. The van der Waals surface area contributed by atoms with Crippen LogP contribution < -0.4 is 5.32 Å². The summed E-state index contributed by atoms with van der Waals surface area (Å²) in [5.74, 6) is 1.88. The zero-order valence-corrected chi connectivity index (χ0v) is 14.0. The molecule has 0 saturated carbocycles. The fourth-order valence-corrected chi connectivity index (χ4v) is 2.52. The fraction of sp³-hybridized carbons (Fsp3) is 0.412. The standard InChI is InChI=1S/C17H23N3S/c1-5-21-15-8-6-13(7-9-15)16-18-11-10-14(20-16)12-19-17(2,3)4/h6-11,19H,5,12H2,1-4H3. The summed E-state index contributed by atoms with van der Waals surface area (Å²) in [6, 6.07) is 10.4. The second kappa shape index (κ2) is 7.05. The average Bonchev–Trinajstić information content (AvgIpc) is 2.46. The van der Waals surface area contributed by atoms with Crippen LogP contribution in [0.1, 0.15) is 33.4 Å². The van der Waals surface area contributed by atoms with E-state index in [2.05, 4.69) is 67.2 Å². The van der Waals surface area contributed by atoms with E-state index in [0.29, 0.717) is 0 Å². The first-order valence-electron chi connectivity index (χ1n) is 7.28. The minimum atomic E-state index is 0.0874. The number of nitrogens with zero attached hydrogens (tertiary/aromatic N) is 2. The van der Waals surface area contributed by atoms with Gasteiger partial charge < -0.3 is 5.32 Å². The Bertz CT molecular complexity index is 573. The van der Waals surface area contributed by atoms with Gasteiger partial charge in [0.2, 0.25) is 0 Å². The topological polar surface area (TPSA) is 37.8 Å². The first-order chi connectivity index (χ1) is 9.98. The molecule has 0 radical (unpaired) electrons. The van der Waals surface area contributed by atoms with E-state index in [9.17, 15) is 0 Å². The van der Waals surface area contributed by atoms with Gasteiger partial charge in [0.1, 0.15) is 0 Å². The van der Waals surface area contributed by atoms with E-state index >= 15 is 0 Å². The molecule has 0 aliphatic rings. The molecule has 1 N–H and O–H groups in total. The maximum Gasteiger partial charge on any atom is 0.159 e. The Balaban J connectivity index is 2.13. The van der Waals surface area contributed by atoms with Gasteiger partial charge in [-0.3, -0.25) is 0 Å². The summed E-state index contributed by atoms with van der Waals surface area (Å²) in [4.78, 5) is 10.3. The fourth-order valence-electron chi connectivity index (χ4n) is 1.86. The molecule has 21 heavy (non-hydrogen) atoms. The van der Waals surface area contributed by atoms with E-state index in [4.69, 9.17) is 0 Å². The molecule has 0 spiro atoms. The van der Waals surface area contributed by atoms with Crippen molar-refractivity contribution in [3.05, 3.63) is 42.2 Å². The number of rotatable bonds is 5. The summed E-state index contributed by atoms with van der Waals surface area (Å²) in [5.41, 5.74) is 2.17. The molecule has 2 rings (SSSR count). The maximum atomic E-state index is 4.64. The van der Waals surface area contributed by atoms with E-state index in [1.807, 2.05) is 24.0 Å². The van der Waals surface area contributed by atoms with Crippen LogP contribution >= 0.6 is 11.8 Å². The van der Waals surface area contributed by atoms with E-state index in [-0.39, 0.29) is 5.54 Å². The molecule has 0 bridgehead atoms. The molecule has 0 fully saturated rings. The van der Waals surface area contributed by atoms with Crippen LogP contribution in [0.15, 0.2) is 41.4 Å². The third-order valence-electron chi connectivity index (χ3n) is 2.94. The van der Waals surface area contributed by atoms with Crippen molar-refractivity contribution in [2.45, 2.75) is 44.7 Å². The molecular formula is C17H23N3S. The summed E-state index contributed by atoms with van der Waals surface area (Å²) in [6.07, 6.45) is 1.83. The third-order valence-corrected chi connectivity index (χ3v) is 3.83. The van der Waals surface area contributed by atoms with E-state index < -0.39 is 0 Å². The molecule has 112 valence electrons. The van der Waals surface area contributed by atoms with Gasteiger partial charge in [-0.25, -0.2) is 9.97 Å². The number of hydrogen-bond donors (Lipinski definition) is 1. The molecular weight excluding hydrogens is 278 g/mol. The molecule has 2 aromatic rings. The Morgan fingerprint density at radius 2 is 1.81 bits per heavy atom. The lowest BCUT2D eigenvalue weighted by Gasteiger charge is -2.20. The summed E-state index contributed by atoms with van der Waals surface area (Å²) < 4.78 is 0. The molecule has 1 heterocycles. The normalized spacial score (nSPS) is 11.6. The molecule has 0 amide bonds. The Morgan fingerprint density at radius 3 is 2.43 bits per heavy atom. The van der Waals surface area contributed by atoms with Crippen LogP contribution in [0.25, 0.3) is 11.4 Å². The van der Waals surface area contributed by atoms with Crippen LogP contribution in [-0.4, -0.2) is 21.3 Å². The van der Waals surface area contributed by atoms with Gasteiger partial charge in [0, 0.05) is 28.7 Å². The highest BCUT2D eigenvalue weighted by atomic mass is 32.2. The van der Waals surface area contributed by atoms with Crippen molar-refractivity contribution in [3.8, 4) is 11.4 Å². The summed E-state index contributed by atoms with van der Waals surface area (Å²) in [7, 11) is 0. The minimum absolute atomic E-state index is 0.0874. The van der Waals surface area contributed by atoms with Crippen LogP contribution in [-0.2, 0) is 6.54 Å². The Kier molecular flexibility index (Phi) is 5.37. The van der Waals surface area contributed by atoms with Crippen molar-refractivity contribution in [1.29, 1.82) is 0 Å². The smallest absolute Gasteiger partial charge is 0.159 e. The van der Waals surface area contributed by atoms with Gasteiger partial charge in [-0.15, -0.1) is 11.8 Å². The van der Waals surface area contributed by atoms with Crippen molar-refractivity contribution in [2.75, 3.05) is 5.75 Å². The minimum Gasteiger partial charge on any atom is -0.306 e. The van der Waals surface area contributed by atoms with Crippen LogP contribution in [0.2, 0.25) is 0 Å². The first-order valence-corrected chi connectivity index (χ1v) is 8.27. The molecule has 0 unspecified atom stereocenters. The first kappa shape index (κ1) is 16.0. The SMILES string of the molecule is CCSc1ccc(-c2nccc(CNC(C)(C)C)n2)cc1. The zero-order chi connectivity index (χ0) is 15.3. The summed E-state index contributed by atoms with van der Waals surface area (Å²) >= 11 is 1.84. The number of thioether (sulfide) groups is 1. The second-order valence-corrected chi connectivity index (χ2v) is 7.27. The van der Waals surface area contributed by atoms with Gasteiger partial charge in [-0.2, -0.15) is 0 Å². The second-order valence-electron chi connectivity index (χ2n) is 5.93. The lowest BCUT2D eigenvalue weighted by atomic mass is 10.1. The number of benzene rings is 1. The molecule has 0 aliphatic carbocycles. The predicted molar refractivity (Wildman–Crippen MR) is 90.5 cm³/mol. The van der Waals surface area contributed by atoms with Gasteiger partial charge in [-0.1, -0.05) is 19.1 Å². The summed E-state index contributed by atoms with van der Waals surface area (Å²) in [5, 5.41) is 3.45. The van der Waals surface area contributed by atoms with Crippen molar-refractivity contribution < 1.29 is 0 Å². The molecule has 0 aliphatic heterocycles. The number of nitrogens with one attached hydrogen (secondary N) is 1. The van der Waals surface area contributed by atoms with Crippen molar-refractivity contribution in [3.63, 3.8) is 0 Å². The van der Waals surface area contributed by atoms with Crippen LogP contribution in [0.5, 0.6) is 0 Å². The molecule has 1 aromatic carbocycles. The molecule has 4 heteroatoms. The average molecular weight is 301 g/mol. The lowest BCUT2D eigenvalue weighted by molar-refractivity contribution is 0.421. The zero-order valence-electron chi connectivity index (χ0n) is 13.2. The number of aromatic nitrogens is 2. The third kappa shape index (κ3) is 5.14. The lowest BCUT2D eigenvalue weighted by Crippen LogP contribution is -2.35. The van der Waals surface area contributed by atoms with Crippen LogP contribution in [0.3, 0.4) is 0 Å². The van der Waals surface area contributed by atoms with Crippen molar-refractivity contribution >= 4 is 11.8 Å². The van der Waals surface area contributed by atoms with E-state index in [1.54, 1.807) is 0 Å². The molecule has 1 aromatic heterocycles. The highest BCUT2D eigenvalue weighted by Gasteiger charge is 2.09. The van der Waals surface area contributed by atoms with Crippen molar-refractivity contribution in [1.82, 2.24) is 15.3 Å². The van der Waals surface area contributed by atoms with Gasteiger partial charge in [-0.05, 0) is 44.7 Å². The summed E-state index contributed by atoms with van der Waals surface area (Å²) in [6.45, 7) is 9.37. The number of hydrogen-bond acceptors (Lipinski definition) is 4. The Hall–Kier alpha value is -1.39. The van der Waals surface area contributed by atoms with Gasteiger partial charge in [0.15, 0.2) is 5.82 Å². The van der Waals surface area contributed by atoms with Crippen molar-refractivity contribution in [2.24, 2.45) is 0 Å². The predicted octanol–water partition coefficient (Wildman–Crippen LogP) is 4.14. The Labute approximate surface area is 131 Å². The molecule has 0 saturated heterocycles. The monoisotopic (exact) mass is 301 g/mol. The van der Waals surface area contributed by atoms with Gasteiger partial charge in [0.05, 0.1) is 5.69 Å². The van der Waals surface area contributed by atoms with Gasteiger partial charge >= 0.3 is 0 Å². The van der Waals surface area contributed by atoms with Crippen LogP contribution in [0.4, 0.5) is 0 Å². The maximum absolute atomic E-state index is 4.64. The largest absolute Gasteiger partial charge is 0.306 e. The van der Waals surface area contributed by atoms with Crippen LogP contribution in [0, 0.1) is 0 Å². The highest BCUT2D eigenvalue weighted by molar-refractivity contribution is 7.99.